The van der Waals surface area contributed by atoms with E-state index in [0.717, 1.165) is 5.69 Å². The molecule has 0 bridgehead atoms. The predicted molar refractivity (Wildman–Crippen MR) is 67.3 cm³/mol. The van der Waals surface area contributed by atoms with Gasteiger partial charge in [-0.25, -0.2) is 4.98 Å². The Hall–Kier alpha value is -1.23. The van der Waals surface area contributed by atoms with Crippen LogP contribution in [0.15, 0.2) is 24.4 Å². The molecule has 0 radical (unpaired) electrons. The fourth-order valence-corrected chi connectivity index (χ4v) is 1.85. The number of nitrogens with one attached hydrogen (secondary N) is 1. The maximum atomic E-state index is 5.85. The third kappa shape index (κ3) is 3.36. The number of hydrogen-bond acceptors (Lipinski definition) is 3. The first-order valence-corrected chi connectivity index (χ1v) is 5.74. The number of H-pyrrole nitrogens is 1. The first-order chi connectivity index (χ1) is 8.17. The Bertz CT molecular complexity index is 493. The molecule has 0 saturated heterocycles. The van der Waals surface area contributed by atoms with E-state index in [2.05, 4.69) is 9.97 Å². The molecule has 0 fully saturated rings. The minimum absolute atomic E-state index is 0.316. The van der Waals surface area contributed by atoms with Gasteiger partial charge in [0, 0.05) is 28.5 Å². The molecule has 1 aromatic heterocycles. The summed E-state index contributed by atoms with van der Waals surface area (Å²) in [5, 5.41) is 1.07. The lowest BCUT2D eigenvalue weighted by molar-refractivity contribution is 0.297. The predicted octanol–water partition coefficient (Wildman–Crippen LogP) is 2.75. The lowest BCUT2D eigenvalue weighted by Gasteiger charge is -2.05. The van der Waals surface area contributed by atoms with Crippen molar-refractivity contribution < 1.29 is 4.74 Å². The molecule has 0 aliphatic heterocycles. The van der Waals surface area contributed by atoms with Crippen LogP contribution in [0.5, 0.6) is 5.75 Å². The first-order valence-electron chi connectivity index (χ1n) is 4.99. The average Bonchev–Trinajstić information content (AvgIpc) is 2.73. The van der Waals surface area contributed by atoms with Crippen molar-refractivity contribution in [3.8, 4) is 5.75 Å². The van der Waals surface area contributed by atoms with Gasteiger partial charge in [0.2, 0.25) is 0 Å². The van der Waals surface area contributed by atoms with Crippen molar-refractivity contribution >= 4 is 23.2 Å². The van der Waals surface area contributed by atoms with Crippen LogP contribution in [0.2, 0.25) is 10.0 Å². The lowest BCUT2D eigenvalue weighted by Crippen LogP contribution is -1.99. The van der Waals surface area contributed by atoms with Gasteiger partial charge in [-0.05, 0) is 18.2 Å². The fourth-order valence-electron chi connectivity index (χ4n) is 1.35. The third-order valence-electron chi connectivity index (χ3n) is 2.11. The van der Waals surface area contributed by atoms with Crippen LogP contribution >= 0.6 is 23.2 Å². The molecule has 2 aromatic rings. The van der Waals surface area contributed by atoms with Crippen LogP contribution in [0.3, 0.4) is 0 Å². The van der Waals surface area contributed by atoms with E-state index in [-0.39, 0.29) is 0 Å². The van der Waals surface area contributed by atoms with E-state index in [1.807, 2.05) is 0 Å². The molecule has 0 atom stereocenters. The maximum Gasteiger partial charge on any atom is 0.146 e. The highest BCUT2D eigenvalue weighted by Crippen LogP contribution is 2.24. The molecule has 17 heavy (non-hydrogen) atoms. The van der Waals surface area contributed by atoms with Crippen LogP contribution in [-0.2, 0) is 13.2 Å². The van der Waals surface area contributed by atoms with E-state index in [1.165, 1.54) is 0 Å². The Labute approximate surface area is 109 Å². The summed E-state index contributed by atoms with van der Waals surface area (Å²) in [6.07, 6.45) is 1.68. The average molecular weight is 272 g/mol. The van der Waals surface area contributed by atoms with Gasteiger partial charge in [0.25, 0.3) is 0 Å². The van der Waals surface area contributed by atoms with Crippen LogP contribution in [0.4, 0.5) is 0 Å². The Balaban J connectivity index is 2.01. The molecule has 90 valence electrons. The second-order valence-corrected chi connectivity index (χ2v) is 4.33. The molecule has 2 rings (SSSR count). The second kappa shape index (κ2) is 5.40. The Morgan fingerprint density at radius 1 is 1.24 bits per heavy atom. The van der Waals surface area contributed by atoms with Gasteiger partial charge in [-0.3, -0.25) is 0 Å². The molecule has 0 unspecified atom stereocenters. The number of aromatic nitrogens is 2. The van der Waals surface area contributed by atoms with E-state index >= 15 is 0 Å². The van der Waals surface area contributed by atoms with E-state index < -0.39 is 0 Å². The number of rotatable bonds is 4. The summed E-state index contributed by atoms with van der Waals surface area (Å²) in [7, 11) is 0. The standard InChI is InChI=1S/C11H11Cl2N3O/c12-7-1-8(13)3-10(2-7)17-6-11-15-5-9(4-14)16-11/h1-3,5H,4,6,14H2,(H,15,16). The van der Waals surface area contributed by atoms with Crippen LogP contribution in [0, 0.1) is 0 Å². The Morgan fingerprint density at radius 3 is 2.53 bits per heavy atom. The SMILES string of the molecule is NCc1cnc(COc2cc(Cl)cc(Cl)c2)[nH]1. The minimum Gasteiger partial charge on any atom is -0.486 e. The number of nitrogens with zero attached hydrogens (tertiary/aromatic N) is 1. The summed E-state index contributed by atoms with van der Waals surface area (Å²) < 4.78 is 5.51. The van der Waals surface area contributed by atoms with Crippen LogP contribution < -0.4 is 10.5 Å². The van der Waals surface area contributed by atoms with Gasteiger partial charge in [0.05, 0.1) is 0 Å². The van der Waals surface area contributed by atoms with Crippen molar-refractivity contribution in [2.75, 3.05) is 0 Å². The number of nitrogens with two attached hydrogens (primary N) is 1. The maximum absolute atomic E-state index is 5.85. The molecule has 0 saturated carbocycles. The number of hydrogen-bond donors (Lipinski definition) is 2. The van der Waals surface area contributed by atoms with E-state index in [4.69, 9.17) is 33.7 Å². The highest BCUT2D eigenvalue weighted by atomic mass is 35.5. The molecule has 0 aliphatic rings. The highest BCUT2D eigenvalue weighted by Gasteiger charge is 2.02. The second-order valence-electron chi connectivity index (χ2n) is 3.45. The topological polar surface area (TPSA) is 63.9 Å². The minimum atomic E-state index is 0.316. The van der Waals surface area contributed by atoms with Crippen LogP contribution in [-0.4, -0.2) is 9.97 Å². The number of imidazole rings is 1. The molecule has 0 spiro atoms. The normalized spacial score (nSPS) is 10.5. The van der Waals surface area contributed by atoms with Crippen molar-refractivity contribution in [3.05, 3.63) is 46.0 Å². The summed E-state index contributed by atoms with van der Waals surface area (Å²) in [5.41, 5.74) is 6.33. The molecule has 1 heterocycles. The molecule has 3 N–H and O–H groups in total. The van der Waals surface area contributed by atoms with Gasteiger partial charge < -0.3 is 15.5 Å². The summed E-state index contributed by atoms with van der Waals surface area (Å²) in [6, 6.07) is 5.04. The summed E-state index contributed by atoms with van der Waals surface area (Å²) in [4.78, 5) is 7.16. The van der Waals surface area contributed by atoms with Crippen molar-refractivity contribution in [2.24, 2.45) is 5.73 Å². The third-order valence-corrected chi connectivity index (χ3v) is 2.55. The van der Waals surface area contributed by atoms with Gasteiger partial charge in [-0.1, -0.05) is 23.2 Å². The summed E-state index contributed by atoms with van der Waals surface area (Å²) in [6.45, 7) is 0.743. The molecule has 0 aliphatic carbocycles. The molecule has 6 heteroatoms. The van der Waals surface area contributed by atoms with E-state index in [9.17, 15) is 0 Å². The molecular weight excluding hydrogens is 261 g/mol. The van der Waals surface area contributed by atoms with Gasteiger partial charge in [-0.2, -0.15) is 0 Å². The first kappa shape index (κ1) is 12.2. The number of halogens is 2. The molecule has 1 aromatic carbocycles. The smallest absolute Gasteiger partial charge is 0.146 e. The van der Waals surface area contributed by atoms with Crippen LogP contribution in [0.25, 0.3) is 0 Å². The highest BCUT2D eigenvalue weighted by molar-refractivity contribution is 6.34. The van der Waals surface area contributed by atoms with E-state index in [0.29, 0.717) is 34.8 Å². The van der Waals surface area contributed by atoms with Gasteiger partial charge in [-0.15, -0.1) is 0 Å². The van der Waals surface area contributed by atoms with Gasteiger partial charge in [0.1, 0.15) is 18.2 Å². The van der Waals surface area contributed by atoms with Crippen molar-refractivity contribution in [1.29, 1.82) is 0 Å². The zero-order valence-electron chi connectivity index (χ0n) is 8.91. The van der Waals surface area contributed by atoms with Crippen molar-refractivity contribution in [3.63, 3.8) is 0 Å². The largest absolute Gasteiger partial charge is 0.486 e. The quantitative estimate of drug-likeness (QED) is 0.899. The lowest BCUT2D eigenvalue weighted by atomic mass is 10.3. The van der Waals surface area contributed by atoms with Crippen LogP contribution in [0.1, 0.15) is 11.5 Å². The van der Waals surface area contributed by atoms with Gasteiger partial charge >= 0.3 is 0 Å². The fraction of sp³-hybridized carbons (Fsp3) is 0.182. The number of benzene rings is 1. The summed E-state index contributed by atoms with van der Waals surface area (Å²) >= 11 is 11.7. The number of ether oxygens (including phenoxy) is 1. The zero-order valence-corrected chi connectivity index (χ0v) is 10.4. The van der Waals surface area contributed by atoms with E-state index in [1.54, 1.807) is 24.4 Å². The van der Waals surface area contributed by atoms with Gasteiger partial charge in [0.15, 0.2) is 0 Å². The molecule has 0 amide bonds. The Kier molecular flexibility index (Phi) is 3.89. The molecular formula is C11H11Cl2N3O. The van der Waals surface area contributed by atoms with Crippen molar-refractivity contribution in [1.82, 2.24) is 9.97 Å². The van der Waals surface area contributed by atoms with Crippen molar-refractivity contribution in [2.45, 2.75) is 13.2 Å². The summed E-state index contributed by atoms with van der Waals surface area (Å²) in [5.74, 6) is 1.31. The number of aromatic amines is 1. The molecule has 4 nitrogen and oxygen atoms in total. The Morgan fingerprint density at radius 2 is 1.94 bits per heavy atom. The zero-order chi connectivity index (χ0) is 12.3. The monoisotopic (exact) mass is 271 g/mol.